The molecule has 4 rings (SSSR count). The lowest BCUT2D eigenvalue weighted by atomic mass is 9.94. The monoisotopic (exact) mass is 448 g/mol. The van der Waals surface area contributed by atoms with Crippen LogP contribution in [0.1, 0.15) is 49.0 Å². The molecule has 2 aliphatic rings. The van der Waals surface area contributed by atoms with E-state index in [1.807, 2.05) is 0 Å². The minimum atomic E-state index is -0.518. The zero-order valence-electron chi connectivity index (χ0n) is 18.2. The Morgan fingerprint density at radius 2 is 1.90 bits per heavy atom. The number of benzene rings is 1. The molecule has 0 bridgehead atoms. The standard InChI is InChI=1S/C23H31ClN4O3/c1-31-23(30)22-21(18-15-16(24)7-8-19(18)25-22)26-20(29)9-10-27-11-13-28(14-12-27)17-5-3-2-4-6-17/h7-8,15,17,25H,2-6,9-14H2,1H3,(H,26,29)/p+2. The number of halogens is 1. The first-order valence-corrected chi connectivity index (χ1v) is 11.8. The molecule has 1 saturated carbocycles. The van der Waals surface area contributed by atoms with Gasteiger partial charge in [-0.15, -0.1) is 0 Å². The predicted octanol–water partition coefficient (Wildman–Crippen LogP) is 1.05. The molecule has 1 aliphatic heterocycles. The third-order valence-corrected chi connectivity index (χ3v) is 7.14. The van der Waals surface area contributed by atoms with Crippen molar-refractivity contribution >= 4 is 40.1 Å². The summed E-state index contributed by atoms with van der Waals surface area (Å²) in [6.45, 7) is 5.45. The Balaban J connectivity index is 1.33. The van der Waals surface area contributed by atoms with Gasteiger partial charge < -0.3 is 24.8 Å². The number of fused-ring (bicyclic) bond motifs is 1. The lowest BCUT2D eigenvalue weighted by molar-refractivity contribution is -1.02. The molecule has 0 radical (unpaired) electrons. The van der Waals surface area contributed by atoms with E-state index in [1.165, 1.54) is 57.2 Å². The van der Waals surface area contributed by atoms with Crippen molar-refractivity contribution in [3.05, 3.63) is 28.9 Å². The summed E-state index contributed by atoms with van der Waals surface area (Å²) in [5, 5.41) is 4.18. The van der Waals surface area contributed by atoms with E-state index < -0.39 is 5.97 Å². The number of rotatable bonds is 6. The van der Waals surface area contributed by atoms with Crippen LogP contribution in [0, 0.1) is 0 Å². The van der Waals surface area contributed by atoms with Crippen molar-refractivity contribution in [1.82, 2.24) is 4.98 Å². The van der Waals surface area contributed by atoms with Crippen LogP contribution in [0.15, 0.2) is 18.2 Å². The van der Waals surface area contributed by atoms with E-state index in [0.717, 1.165) is 31.2 Å². The number of aromatic amines is 1. The first kappa shape index (κ1) is 22.1. The average Bonchev–Trinajstić information content (AvgIpc) is 3.15. The highest BCUT2D eigenvalue weighted by molar-refractivity contribution is 6.31. The molecule has 1 aliphatic carbocycles. The van der Waals surface area contributed by atoms with Crippen LogP contribution in [0.5, 0.6) is 0 Å². The van der Waals surface area contributed by atoms with Crippen molar-refractivity contribution in [3.8, 4) is 0 Å². The largest absolute Gasteiger partial charge is 0.464 e. The van der Waals surface area contributed by atoms with E-state index in [-0.39, 0.29) is 11.6 Å². The number of anilines is 1. The summed E-state index contributed by atoms with van der Waals surface area (Å²) in [7, 11) is 1.32. The molecule has 0 unspecified atom stereocenters. The third-order valence-electron chi connectivity index (χ3n) is 6.90. The molecule has 4 N–H and O–H groups in total. The van der Waals surface area contributed by atoms with Crippen LogP contribution < -0.4 is 15.1 Å². The van der Waals surface area contributed by atoms with Crippen LogP contribution in [-0.4, -0.2) is 62.7 Å². The normalized spacial score (nSPS) is 22.4. The van der Waals surface area contributed by atoms with Gasteiger partial charge in [-0.2, -0.15) is 0 Å². The second-order valence-corrected chi connectivity index (χ2v) is 9.28. The number of carbonyl (C=O) groups is 2. The summed E-state index contributed by atoms with van der Waals surface area (Å²) in [4.78, 5) is 31.2. The van der Waals surface area contributed by atoms with Crippen molar-refractivity contribution in [2.75, 3.05) is 45.2 Å². The van der Waals surface area contributed by atoms with Crippen LogP contribution in [0.25, 0.3) is 10.9 Å². The van der Waals surface area contributed by atoms with Crippen molar-refractivity contribution < 1.29 is 24.1 Å². The number of methoxy groups -OCH3 is 1. The zero-order valence-corrected chi connectivity index (χ0v) is 18.9. The number of esters is 1. The van der Waals surface area contributed by atoms with Crippen LogP contribution in [-0.2, 0) is 9.53 Å². The van der Waals surface area contributed by atoms with E-state index in [9.17, 15) is 9.59 Å². The van der Waals surface area contributed by atoms with E-state index >= 15 is 0 Å². The maximum atomic E-state index is 12.7. The maximum absolute atomic E-state index is 12.7. The SMILES string of the molecule is COC(=O)c1[nH]c2ccc(Cl)cc2c1NC(=O)CC[NH+]1CC[NH+](C2CCCCC2)CC1. The molecule has 2 aromatic rings. The lowest BCUT2D eigenvalue weighted by Crippen LogP contribution is -3.29. The molecule has 1 amide bonds. The van der Waals surface area contributed by atoms with Gasteiger partial charge >= 0.3 is 5.97 Å². The number of hydrogen-bond acceptors (Lipinski definition) is 3. The fraction of sp³-hybridized carbons (Fsp3) is 0.565. The average molecular weight is 449 g/mol. The van der Waals surface area contributed by atoms with Crippen molar-refractivity contribution in [3.63, 3.8) is 0 Å². The molecule has 168 valence electrons. The fourth-order valence-corrected chi connectivity index (χ4v) is 5.31. The molecular formula is C23H33ClN4O3+2. The predicted molar refractivity (Wildman–Crippen MR) is 121 cm³/mol. The first-order valence-electron chi connectivity index (χ1n) is 11.4. The highest BCUT2D eigenvalue weighted by Gasteiger charge is 2.30. The molecule has 0 atom stereocenters. The number of hydrogen-bond donors (Lipinski definition) is 4. The van der Waals surface area contributed by atoms with Gasteiger partial charge in [0, 0.05) is 15.9 Å². The number of ether oxygens (including phenoxy) is 1. The number of H-pyrrole nitrogens is 1. The number of amides is 1. The van der Waals surface area contributed by atoms with Gasteiger partial charge in [0.15, 0.2) is 0 Å². The van der Waals surface area contributed by atoms with Gasteiger partial charge in [-0.3, -0.25) is 4.79 Å². The molecule has 2 heterocycles. The van der Waals surface area contributed by atoms with Crippen molar-refractivity contribution in [2.45, 2.75) is 44.6 Å². The molecule has 1 saturated heterocycles. The summed E-state index contributed by atoms with van der Waals surface area (Å²) in [5.74, 6) is -0.615. The molecule has 31 heavy (non-hydrogen) atoms. The highest BCUT2D eigenvalue weighted by Crippen LogP contribution is 2.30. The molecule has 1 aromatic heterocycles. The van der Waals surface area contributed by atoms with Gasteiger partial charge in [0.25, 0.3) is 0 Å². The summed E-state index contributed by atoms with van der Waals surface area (Å²) in [5.41, 5.74) is 1.41. The van der Waals surface area contributed by atoms with Gasteiger partial charge in [-0.25, -0.2) is 4.79 Å². The van der Waals surface area contributed by atoms with Gasteiger partial charge in [-0.05, 0) is 43.9 Å². The van der Waals surface area contributed by atoms with E-state index in [2.05, 4.69) is 10.3 Å². The Labute approximate surface area is 188 Å². The Kier molecular flexibility index (Phi) is 7.15. The number of nitrogens with one attached hydrogen (secondary N) is 4. The zero-order chi connectivity index (χ0) is 21.8. The number of quaternary nitrogens is 2. The van der Waals surface area contributed by atoms with Crippen LogP contribution in [0.2, 0.25) is 5.02 Å². The molecule has 2 fully saturated rings. The van der Waals surface area contributed by atoms with Gasteiger partial charge in [-0.1, -0.05) is 18.0 Å². The topological polar surface area (TPSA) is 80.1 Å². The van der Waals surface area contributed by atoms with Crippen LogP contribution in [0.3, 0.4) is 0 Å². The number of carbonyl (C=O) groups excluding carboxylic acids is 2. The van der Waals surface area contributed by atoms with Crippen LogP contribution >= 0.6 is 11.6 Å². The van der Waals surface area contributed by atoms with E-state index in [0.29, 0.717) is 22.5 Å². The smallest absolute Gasteiger partial charge is 0.356 e. The molecule has 0 spiro atoms. The Bertz CT molecular complexity index is 930. The Morgan fingerprint density at radius 1 is 1.16 bits per heavy atom. The van der Waals surface area contributed by atoms with E-state index in [1.54, 1.807) is 23.1 Å². The van der Waals surface area contributed by atoms with E-state index in [4.69, 9.17) is 16.3 Å². The van der Waals surface area contributed by atoms with Gasteiger partial charge in [0.05, 0.1) is 31.8 Å². The molecule has 8 heteroatoms. The second-order valence-electron chi connectivity index (χ2n) is 8.85. The molecule has 7 nitrogen and oxygen atoms in total. The van der Waals surface area contributed by atoms with Crippen molar-refractivity contribution in [2.24, 2.45) is 0 Å². The Morgan fingerprint density at radius 3 is 2.61 bits per heavy atom. The third kappa shape index (κ3) is 5.22. The minimum absolute atomic E-state index is 0.0967. The maximum Gasteiger partial charge on any atom is 0.356 e. The van der Waals surface area contributed by atoms with Gasteiger partial charge in [0.2, 0.25) is 5.91 Å². The minimum Gasteiger partial charge on any atom is -0.464 e. The summed E-state index contributed by atoms with van der Waals surface area (Å²) in [6.07, 6.45) is 7.35. The quantitative estimate of drug-likeness (QED) is 0.499. The fourth-order valence-electron chi connectivity index (χ4n) is 5.14. The lowest BCUT2D eigenvalue weighted by Gasteiger charge is -2.36. The summed E-state index contributed by atoms with van der Waals surface area (Å²) >= 11 is 6.13. The van der Waals surface area contributed by atoms with Crippen LogP contribution in [0.4, 0.5) is 5.69 Å². The summed E-state index contributed by atoms with van der Waals surface area (Å²) < 4.78 is 4.87. The number of aromatic nitrogens is 1. The first-order chi connectivity index (χ1) is 15.0. The second kappa shape index (κ2) is 10.0. The van der Waals surface area contributed by atoms with Crippen molar-refractivity contribution in [1.29, 1.82) is 0 Å². The molecule has 1 aromatic carbocycles. The molecular weight excluding hydrogens is 416 g/mol. The summed E-state index contributed by atoms with van der Waals surface area (Å²) in [6, 6.07) is 6.13. The Hall–Kier alpha value is -2.09. The van der Waals surface area contributed by atoms with Gasteiger partial charge in [0.1, 0.15) is 31.9 Å². The number of piperazine rings is 1. The highest BCUT2D eigenvalue weighted by atomic mass is 35.5.